The molecule has 1 fully saturated rings. The van der Waals surface area contributed by atoms with Crippen molar-refractivity contribution < 1.29 is 0 Å². The van der Waals surface area contributed by atoms with Gasteiger partial charge in [0.25, 0.3) is 0 Å². The first-order valence-electron chi connectivity index (χ1n) is 9.01. The predicted molar refractivity (Wildman–Crippen MR) is 93.1 cm³/mol. The molecule has 1 aromatic heterocycles. The second kappa shape index (κ2) is 7.77. The highest BCUT2D eigenvalue weighted by atomic mass is 15.1. The lowest BCUT2D eigenvalue weighted by atomic mass is 9.91. The Labute approximate surface area is 134 Å². The Bertz CT molecular complexity index is 534. The van der Waals surface area contributed by atoms with Crippen molar-refractivity contribution >= 4 is 11.0 Å². The first-order valence-corrected chi connectivity index (χ1v) is 9.01. The van der Waals surface area contributed by atoms with Gasteiger partial charge in [-0.1, -0.05) is 38.3 Å². The molecule has 1 aliphatic heterocycles. The first kappa shape index (κ1) is 15.5. The van der Waals surface area contributed by atoms with Crippen LogP contribution < -0.4 is 0 Å². The fourth-order valence-electron chi connectivity index (χ4n) is 3.59. The van der Waals surface area contributed by atoms with Gasteiger partial charge < -0.3 is 9.88 Å². The molecule has 0 radical (unpaired) electrons. The van der Waals surface area contributed by atoms with Gasteiger partial charge in [0.2, 0.25) is 0 Å². The summed E-state index contributed by atoms with van der Waals surface area (Å²) in [5.74, 6) is 2.13. The van der Waals surface area contributed by atoms with E-state index < -0.39 is 0 Å². The van der Waals surface area contributed by atoms with E-state index in [4.69, 9.17) is 0 Å². The van der Waals surface area contributed by atoms with Crippen LogP contribution >= 0.6 is 0 Å². The smallest absolute Gasteiger partial charge is 0.107 e. The minimum Gasteiger partial charge on any atom is -0.342 e. The molecule has 3 heteroatoms. The second-order valence-corrected chi connectivity index (χ2v) is 6.73. The maximum atomic E-state index is 4.67. The molecular formula is C19H29N3. The van der Waals surface area contributed by atoms with E-state index in [0.717, 1.165) is 29.2 Å². The lowest BCUT2D eigenvalue weighted by molar-refractivity contribution is 0.176. The van der Waals surface area contributed by atoms with Gasteiger partial charge in [-0.05, 0) is 56.9 Å². The maximum Gasteiger partial charge on any atom is 0.107 e. The van der Waals surface area contributed by atoms with Crippen molar-refractivity contribution in [2.24, 2.45) is 5.92 Å². The molecule has 0 amide bonds. The fraction of sp³-hybridized carbons (Fsp3) is 0.632. The van der Waals surface area contributed by atoms with E-state index in [1.165, 1.54) is 58.2 Å². The lowest BCUT2D eigenvalue weighted by Crippen LogP contribution is -2.34. The molecule has 0 unspecified atom stereocenters. The van der Waals surface area contributed by atoms with Crippen molar-refractivity contribution in [2.75, 3.05) is 19.6 Å². The van der Waals surface area contributed by atoms with Crippen LogP contribution in [-0.4, -0.2) is 34.5 Å². The van der Waals surface area contributed by atoms with Gasteiger partial charge in [0.05, 0.1) is 11.0 Å². The number of para-hydroxylation sites is 2. The molecule has 1 N–H and O–H groups in total. The Hall–Kier alpha value is -1.35. The number of hydrogen-bond donors (Lipinski definition) is 1. The van der Waals surface area contributed by atoms with Crippen LogP contribution in [0.1, 0.15) is 51.3 Å². The molecule has 2 aromatic rings. The van der Waals surface area contributed by atoms with Gasteiger partial charge in [-0.15, -0.1) is 0 Å². The largest absolute Gasteiger partial charge is 0.342 e. The Morgan fingerprint density at radius 1 is 1.18 bits per heavy atom. The summed E-state index contributed by atoms with van der Waals surface area (Å²) in [5, 5.41) is 0. The number of nitrogens with zero attached hydrogens (tertiary/aromatic N) is 2. The number of unbranched alkanes of at least 4 members (excludes halogenated alkanes) is 1. The third kappa shape index (κ3) is 4.10. The molecule has 0 bridgehead atoms. The number of benzene rings is 1. The van der Waals surface area contributed by atoms with Crippen LogP contribution in [0, 0.1) is 5.92 Å². The maximum absolute atomic E-state index is 4.67. The molecule has 0 atom stereocenters. The van der Waals surface area contributed by atoms with Crippen LogP contribution in [-0.2, 0) is 6.42 Å². The molecule has 0 saturated carbocycles. The zero-order valence-corrected chi connectivity index (χ0v) is 13.9. The molecule has 3 nitrogen and oxygen atoms in total. The number of aryl methyl sites for hydroxylation is 1. The summed E-state index contributed by atoms with van der Waals surface area (Å²) in [7, 11) is 0. The van der Waals surface area contributed by atoms with Crippen LogP contribution in [0.3, 0.4) is 0 Å². The highest BCUT2D eigenvalue weighted by molar-refractivity contribution is 5.74. The predicted octanol–water partition coefficient (Wildman–Crippen LogP) is 4.40. The number of hydrogen-bond acceptors (Lipinski definition) is 2. The van der Waals surface area contributed by atoms with Crippen LogP contribution in [0.2, 0.25) is 0 Å². The van der Waals surface area contributed by atoms with Gasteiger partial charge in [0, 0.05) is 6.42 Å². The van der Waals surface area contributed by atoms with E-state index in [1.807, 2.05) is 0 Å². The van der Waals surface area contributed by atoms with Crippen LogP contribution in [0.5, 0.6) is 0 Å². The SMILES string of the molecule is CCCCC1CCN(CCCc2nc3ccccc3[nH]2)CC1. The zero-order chi connectivity index (χ0) is 15.2. The Kier molecular flexibility index (Phi) is 5.49. The normalized spacial score (nSPS) is 17.3. The van der Waals surface area contributed by atoms with Gasteiger partial charge in [-0.3, -0.25) is 0 Å². The number of imidazole rings is 1. The van der Waals surface area contributed by atoms with E-state index in [1.54, 1.807) is 0 Å². The van der Waals surface area contributed by atoms with Crippen molar-refractivity contribution in [2.45, 2.75) is 51.9 Å². The van der Waals surface area contributed by atoms with Gasteiger partial charge >= 0.3 is 0 Å². The Morgan fingerprint density at radius 2 is 2.00 bits per heavy atom. The van der Waals surface area contributed by atoms with Crippen LogP contribution in [0.15, 0.2) is 24.3 Å². The second-order valence-electron chi connectivity index (χ2n) is 6.73. The summed E-state index contributed by atoms with van der Waals surface area (Å²) >= 11 is 0. The van der Waals surface area contributed by atoms with Gasteiger partial charge in [0.1, 0.15) is 5.82 Å². The number of aromatic amines is 1. The van der Waals surface area contributed by atoms with E-state index in [0.29, 0.717) is 0 Å². The number of nitrogens with one attached hydrogen (secondary N) is 1. The quantitative estimate of drug-likeness (QED) is 0.822. The number of fused-ring (bicyclic) bond motifs is 1. The van der Waals surface area contributed by atoms with Gasteiger partial charge in [-0.2, -0.15) is 0 Å². The number of rotatable bonds is 7. The number of piperidine rings is 1. The first-order chi connectivity index (χ1) is 10.8. The minimum atomic E-state index is 0.992. The van der Waals surface area contributed by atoms with E-state index in [-0.39, 0.29) is 0 Å². The summed E-state index contributed by atoms with van der Waals surface area (Å²) in [4.78, 5) is 10.7. The summed E-state index contributed by atoms with van der Waals surface area (Å²) < 4.78 is 0. The molecule has 1 aliphatic rings. The fourth-order valence-corrected chi connectivity index (χ4v) is 3.59. The lowest BCUT2D eigenvalue weighted by Gasteiger charge is -2.31. The average molecular weight is 299 g/mol. The molecular weight excluding hydrogens is 270 g/mol. The van der Waals surface area contributed by atoms with Crippen molar-refractivity contribution in [1.82, 2.24) is 14.9 Å². The summed E-state index contributed by atoms with van der Waals surface area (Å²) in [5.41, 5.74) is 2.25. The van der Waals surface area contributed by atoms with Crippen LogP contribution in [0.25, 0.3) is 11.0 Å². The monoisotopic (exact) mass is 299 g/mol. The van der Waals surface area contributed by atoms with Crippen molar-refractivity contribution in [3.8, 4) is 0 Å². The standard InChI is InChI=1S/C19H29N3/c1-2-3-7-16-11-14-22(15-12-16)13-6-10-19-20-17-8-4-5-9-18(17)21-19/h4-5,8-9,16H,2-3,6-7,10-15H2,1H3,(H,20,21). The molecule has 0 spiro atoms. The highest BCUT2D eigenvalue weighted by Gasteiger charge is 2.18. The third-order valence-corrected chi connectivity index (χ3v) is 5.00. The third-order valence-electron chi connectivity index (χ3n) is 5.00. The Balaban J connectivity index is 1.38. The number of H-pyrrole nitrogens is 1. The van der Waals surface area contributed by atoms with Crippen molar-refractivity contribution in [1.29, 1.82) is 0 Å². The average Bonchev–Trinajstić information content (AvgIpc) is 2.97. The van der Waals surface area contributed by atoms with E-state index in [9.17, 15) is 0 Å². The molecule has 0 aliphatic carbocycles. The van der Waals surface area contributed by atoms with E-state index >= 15 is 0 Å². The molecule has 120 valence electrons. The highest BCUT2D eigenvalue weighted by Crippen LogP contribution is 2.22. The van der Waals surface area contributed by atoms with E-state index in [2.05, 4.69) is 46.1 Å². The van der Waals surface area contributed by atoms with Gasteiger partial charge in [0.15, 0.2) is 0 Å². The summed E-state index contributed by atoms with van der Waals surface area (Å²) in [6.07, 6.45) is 9.29. The molecule has 22 heavy (non-hydrogen) atoms. The van der Waals surface area contributed by atoms with Crippen molar-refractivity contribution in [3.63, 3.8) is 0 Å². The zero-order valence-electron chi connectivity index (χ0n) is 13.9. The topological polar surface area (TPSA) is 31.9 Å². The molecule has 1 aromatic carbocycles. The summed E-state index contributed by atoms with van der Waals surface area (Å²) in [6, 6.07) is 8.30. The minimum absolute atomic E-state index is 0.992. The Morgan fingerprint density at radius 3 is 2.77 bits per heavy atom. The number of likely N-dealkylation sites (tertiary alicyclic amines) is 1. The van der Waals surface area contributed by atoms with Crippen molar-refractivity contribution in [3.05, 3.63) is 30.1 Å². The molecule has 3 rings (SSSR count). The molecule has 1 saturated heterocycles. The summed E-state index contributed by atoms with van der Waals surface area (Å²) in [6.45, 7) is 6.12. The van der Waals surface area contributed by atoms with Crippen LogP contribution in [0.4, 0.5) is 0 Å². The van der Waals surface area contributed by atoms with Gasteiger partial charge in [-0.25, -0.2) is 4.98 Å². The molecule has 2 heterocycles. The number of aromatic nitrogens is 2.